The Kier molecular flexibility index (Phi) is 3.94. The lowest BCUT2D eigenvalue weighted by Gasteiger charge is -2.19. The normalized spacial score (nSPS) is 17.8. The predicted molar refractivity (Wildman–Crippen MR) is 73.6 cm³/mol. The smallest absolute Gasteiger partial charge is 0.340 e. The highest BCUT2D eigenvalue weighted by Gasteiger charge is 2.32. The molecule has 0 spiro atoms. The minimum absolute atomic E-state index is 0.0942. The summed E-state index contributed by atoms with van der Waals surface area (Å²) in [5, 5.41) is 0. The van der Waals surface area contributed by atoms with Crippen molar-refractivity contribution in [1.82, 2.24) is 0 Å². The van der Waals surface area contributed by atoms with Crippen molar-refractivity contribution in [2.75, 3.05) is 25.7 Å². The molecule has 5 heteroatoms. The molecular weight excluding hydrogens is 258 g/mol. The van der Waals surface area contributed by atoms with Crippen LogP contribution >= 0.6 is 0 Å². The molecule has 1 aromatic rings. The number of terminal acetylenes is 1. The molecule has 1 amide bonds. The van der Waals surface area contributed by atoms with E-state index >= 15 is 0 Å². The number of carbonyl (C=O) groups excluding carboxylic acids is 2. The number of rotatable bonds is 3. The first-order valence-corrected chi connectivity index (χ1v) is 6.13. The number of anilines is 1. The summed E-state index contributed by atoms with van der Waals surface area (Å²) in [5.74, 6) is 2.36. The molecule has 104 valence electrons. The van der Waals surface area contributed by atoms with Crippen molar-refractivity contribution in [2.45, 2.75) is 6.42 Å². The molecule has 20 heavy (non-hydrogen) atoms. The van der Waals surface area contributed by atoms with E-state index in [9.17, 15) is 9.59 Å². The van der Waals surface area contributed by atoms with Gasteiger partial charge in [-0.1, -0.05) is 0 Å². The monoisotopic (exact) mass is 273 g/mol. The van der Waals surface area contributed by atoms with Crippen LogP contribution in [-0.4, -0.2) is 32.6 Å². The van der Waals surface area contributed by atoms with Gasteiger partial charge in [0.15, 0.2) is 0 Å². The molecule has 2 rings (SSSR count). The van der Waals surface area contributed by atoms with Gasteiger partial charge in [-0.15, -0.1) is 12.3 Å². The maximum absolute atomic E-state index is 12.0. The van der Waals surface area contributed by atoms with Crippen LogP contribution < -0.4 is 9.64 Å². The largest absolute Gasteiger partial charge is 0.497 e. The predicted octanol–water partition coefficient (Wildman–Crippen LogP) is 1.47. The van der Waals surface area contributed by atoms with Gasteiger partial charge >= 0.3 is 5.97 Å². The molecule has 1 unspecified atom stereocenters. The fraction of sp³-hybridized carbons (Fsp3) is 0.333. The van der Waals surface area contributed by atoms with E-state index in [4.69, 9.17) is 15.9 Å². The fourth-order valence-corrected chi connectivity index (χ4v) is 2.20. The summed E-state index contributed by atoms with van der Waals surface area (Å²) in [4.78, 5) is 25.4. The average Bonchev–Trinajstić information content (AvgIpc) is 2.86. The SMILES string of the molecule is C#CC1CC(=O)N(c2ccc(OC)cc2C(=O)OC)C1. The number of ether oxygens (including phenoxy) is 2. The second-order valence-electron chi connectivity index (χ2n) is 4.45. The van der Waals surface area contributed by atoms with Crippen molar-refractivity contribution in [2.24, 2.45) is 5.92 Å². The topological polar surface area (TPSA) is 55.8 Å². The lowest BCUT2D eigenvalue weighted by molar-refractivity contribution is -0.117. The summed E-state index contributed by atoms with van der Waals surface area (Å²) in [6.07, 6.45) is 5.66. The highest BCUT2D eigenvalue weighted by atomic mass is 16.5. The molecule has 0 N–H and O–H groups in total. The van der Waals surface area contributed by atoms with Crippen LogP contribution in [0.25, 0.3) is 0 Å². The van der Waals surface area contributed by atoms with E-state index in [-0.39, 0.29) is 17.4 Å². The van der Waals surface area contributed by atoms with Crippen LogP contribution in [0.2, 0.25) is 0 Å². The van der Waals surface area contributed by atoms with Gasteiger partial charge in [-0.25, -0.2) is 4.79 Å². The Bertz CT molecular complexity index is 588. The number of hydrogen-bond acceptors (Lipinski definition) is 4. The van der Waals surface area contributed by atoms with E-state index in [1.54, 1.807) is 18.2 Å². The molecule has 1 saturated heterocycles. The van der Waals surface area contributed by atoms with Gasteiger partial charge in [-0.3, -0.25) is 4.79 Å². The Morgan fingerprint density at radius 1 is 1.45 bits per heavy atom. The molecule has 1 aromatic carbocycles. The van der Waals surface area contributed by atoms with E-state index in [2.05, 4.69) is 5.92 Å². The third-order valence-electron chi connectivity index (χ3n) is 3.26. The van der Waals surface area contributed by atoms with Gasteiger partial charge in [0.2, 0.25) is 5.91 Å². The highest BCUT2D eigenvalue weighted by molar-refractivity contribution is 6.04. The van der Waals surface area contributed by atoms with Crippen LogP contribution in [0.5, 0.6) is 5.75 Å². The molecular formula is C15H15NO4. The van der Waals surface area contributed by atoms with E-state index in [0.717, 1.165) is 0 Å². The summed E-state index contributed by atoms with van der Waals surface area (Å²) >= 11 is 0. The average molecular weight is 273 g/mol. The first-order valence-electron chi connectivity index (χ1n) is 6.13. The van der Waals surface area contributed by atoms with Crippen molar-refractivity contribution in [3.63, 3.8) is 0 Å². The Balaban J connectivity index is 2.43. The Morgan fingerprint density at radius 3 is 2.75 bits per heavy atom. The third-order valence-corrected chi connectivity index (χ3v) is 3.26. The highest BCUT2D eigenvalue weighted by Crippen LogP contribution is 2.31. The van der Waals surface area contributed by atoms with Crippen LogP contribution in [0.1, 0.15) is 16.8 Å². The zero-order valence-electron chi connectivity index (χ0n) is 11.4. The second-order valence-corrected chi connectivity index (χ2v) is 4.45. The summed E-state index contributed by atoms with van der Waals surface area (Å²) < 4.78 is 9.84. The minimum Gasteiger partial charge on any atom is -0.497 e. The molecule has 1 aliphatic heterocycles. The van der Waals surface area contributed by atoms with Crippen LogP contribution in [0, 0.1) is 18.3 Å². The maximum atomic E-state index is 12.0. The summed E-state index contributed by atoms with van der Waals surface area (Å²) in [7, 11) is 2.80. The van der Waals surface area contributed by atoms with Crippen LogP contribution in [0.15, 0.2) is 18.2 Å². The van der Waals surface area contributed by atoms with Gasteiger partial charge in [0.25, 0.3) is 0 Å². The number of amides is 1. The number of benzene rings is 1. The lowest BCUT2D eigenvalue weighted by atomic mass is 10.1. The lowest BCUT2D eigenvalue weighted by Crippen LogP contribution is -2.26. The van der Waals surface area contributed by atoms with Crippen molar-refractivity contribution in [1.29, 1.82) is 0 Å². The Labute approximate surface area is 117 Å². The second kappa shape index (κ2) is 5.66. The molecule has 0 radical (unpaired) electrons. The Morgan fingerprint density at radius 2 is 2.20 bits per heavy atom. The third kappa shape index (κ3) is 2.45. The van der Waals surface area contributed by atoms with E-state index in [1.807, 2.05) is 0 Å². The molecule has 0 saturated carbocycles. The van der Waals surface area contributed by atoms with E-state index < -0.39 is 5.97 Å². The first kappa shape index (κ1) is 13.9. The van der Waals surface area contributed by atoms with Gasteiger partial charge < -0.3 is 14.4 Å². The van der Waals surface area contributed by atoms with Crippen molar-refractivity contribution in [3.05, 3.63) is 23.8 Å². The van der Waals surface area contributed by atoms with Gasteiger partial charge in [-0.2, -0.15) is 0 Å². The van der Waals surface area contributed by atoms with Crippen LogP contribution in [-0.2, 0) is 9.53 Å². The zero-order chi connectivity index (χ0) is 14.7. The number of methoxy groups -OCH3 is 2. The maximum Gasteiger partial charge on any atom is 0.340 e. The summed E-state index contributed by atoms with van der Waals surface area (Å²) in [6, 6.07) is 4.91. The molecule has 5 nitrogen and oxygen atoms in total. The van der Waals surface area contributed by atoms with Crippen LogP contribution in [0.4, 0.5) is 5.69 Å². The van der Waals surface area contributed by atoms with E-state index in [0.29, 0.717) is 24.4 Å². The van der Waals surface area contributed by atoms with Crippen LogP contribution in [0.3, 0.4) is 0 Å². The van der Waals surface area contributed by atoms with Gasteiger partial charge in [0.05, 0.1) is 25.5 Å². The summed E-state index contributed by atoms with van der Waals surface area (Å²) in [5.41, 5.74) is 0.790. The molecule has 1 fully saturated rings. The number of nitrogens with zero attached hydrogens (tertiary/aromatic N) is 1. The molecule has 0 bridgehead atoms. The molecule has 1 aliphatic rings. The fourth-order valence-electron chi connectivity index (χ4n) is 2.20. The molecule has 0 aromatic heterocycles. The number of hydrogen-bond donors (Lipinski definition) is 0. The zero-order valence-corrected chi connectivity index (χ0v) is 11.4. The Hall–Kier alpha value is -2.48. The van der Waals surface area contributed by atoms with Gasteiger partial charge in [-0.05, 0) is 18.2 Å². The van der Waals surface area contributed by atoms with Gasteiger partial charge in [0, 0.05) is 18.9 Å². The summed E-state index contributed by atoms with van der Waals surface area (Å²) in [6.45, 7) is 0.408. The minimum atomic E-state index is -0.518. The van der Waals surface area contributed by atoms with Crippen molar-refractivity contribution < 1.29 is 19.1 Å². The quantitative estimate of drug-likeness (QED) is 0.618. The van der Waals surface area contributed by atoms with Crippen molar-refractivity contribution in [3.8, 4) is 18.1 Å². The molecule has 0 aliphatic carbocycles. The molecule has 1 heterocycles. The number of esters is 1. The first-order chi connectivity index (χ1) is 9.60. The number of carbonyl (C=O) groups is 2. The van der Waals surface area contributed by atoms with Gasteiger partial charge in [0.1, 0.15) is 5.75 Å². The van der Waals surface area contributed by atoms with E-state index in [1.165, 1.54) is 19.1 Å². The standard InChI is InChI=1S/C15H15NO4/c1-4-10-7-14(17)16(9-10)13-6-5-11(19-2)8-12(13)15(18)20-3/h1,5-6,8,10H,7,9H2,2-3H3. The molecule has 1 atom stereocenters. The van der Waals surface area contributed by atoms with Crippen molar-refractivity contribution >= 4 is 17.6 Å².